The molecule has 1 fully saturated rings. The van der Waals surface area contributed by atoms with Crippen molar-refractivity contribution in [1.29, 1.82) is 0 Å². The number of oxazole rings is 1. The maximum Gasteiger partial charge on any atom is 0.263 e. The minimum Gasteiger partial charge on any atom is -0.456 e. The molecule has 2 bridgehead atoms. The molecule has 6 heteroatoms. The first-order valence-corrected chi connectivity index (χ1v) is 9.52. The summed E-state index contributed by atoms with van der Waals surface area (Å²) in [5.41, 5.74) is 2.26. The number of furan rings is 1. The van der Waals surface area contributed by atoms with Crippen molar-refractivity contribution in [2.45, 2.75) is 39.3 Å². The highest BCUT2D eigenvalue weighted by molar-refractivity contribution is 5.45. The highest BCUT2D eigenvalue weighted by Crippen LogP contribution is 2.35. The number of piperidine rings is 1. The molecular formula is C21H23N3O3. The molecule has 0 aromatic carbocycles. The van der Waals surface area contributed by atoms with Crippen LogP contribution in [0, 0.1) is 19.8 Å². The van der Waals surface area contributed by atoms with Gasteiger partial charge in [0, 0.05) is 43.9 Å². The van der Waals surface area contributed by atoms with Crippen molar-refractivity contribution >= 4 is 0 Å². The van der Waals surface area contributed by atoms with E-state index in [1.165, 1.54) is 5.69 Å². The van der Waals surface area contributed by atoms with Crippen molar-refractivity contribution in [3.05, 3.63) is 63.6 Å². The number of pyridine rings is 1. The number of fused-ring (bicyclic) bond motifs is 4. The summed E-state index contributed by atoms with van der Waals surface area (Å²) >= 11 is 0. The normalized spacial score (nSPS) is 22.0. The van der Waals surface area contributed by atoms with Gasteiger partial charge in [-0.1, -0.05) is 6.07 Å². The summed E-state index contributed by atoms with van der Waals surface area (Å²) in [6.07, 6.45) is 1.16. The molecule has 2 atom stereocenters. The Hall–Kier alpha value is -2.60. The van der Waals surface area contributed by atoms with E-state index in [9.17, 15) is 4.79 Å². The van der Waals surface area contributed by atoms with Gasteiger partial charge in [-0.05, 0) is 44.4 Å². The average Bonchev–Trinajstić information content (AvgIpc) is 3.22. The number of hydrogen-bond donors (Lipinski definition) is 0. The molecule has 5 rings (SSSR count). The van der Waals surface area contributed by atoms with E-state index in [4.69, 9.17) is 8.83 Å². The summed E-state index contributed by atoms with van der Waals surface area (Å²) in [6, 6.07) is 9.46. The molecule has 6 nitrogen and oxygen atoms in total. The van der Waals surface area contributed by atoms with Crippen molar-refractivity contribution in [2.24, 2.45) is 5.92 Å². The Morgan fingerprint density at radius 1 is 1.11 bits per heavy atom. The maximum absolute atomic E-state index is 12.2. The van der Waals surface area contributed by atoms with Crippen LogP contribution in [0.4, 0.5) is 0 Å². The van der Waals surface area contributed by atoms with Crippen LogP contribution in [0.15, 0.2) is 44.0 Å². The number of nitrogens with zero attached hydrogens (tertiary/aromatic N) is 3. The smallest absolute Gasteiger partial charge is 0.263 e. The zero-order chi connectivity index (χ0) is 18.5. The largest absolute Gasteiger partial charge is 0.456 e. The summed E-state index contributed by atoms with van der Waals surface area (Å²) in [5, 5.41) is 0. The van der Waals surface area contributed by atoms with Gasteiger partial charge in [0.1, 0.15) is 11.5 Å². The molecule has 0 radical (unpaired) electrons. The number of hydrogen-bond acceptors (Lipinski definition) is 5. The first-order valence-electron chi connectivity index (χ1n) is 9.52. The highest BCUT2D eigenvalue weighted by atomic mass is 16.4. The van der Waals surface area contributed by atoms with Crippen molar-refractivity contribution in [3.8, 4) is 11.7 Å². The van der Waals surface area contributed by atoms with E-state index in [2.05, 4.69) is 16.0 Å². The lowest BCUT2D eigenvalue weighted by Crippen LogP contribution is -2.46. The van der Waals surface area contributed by atoms with Gasteiger partial charge in [-0.3, -0.25) is 9.69 Å². The van der Waals surface area contributed by atoms with Gasteiger partial charge in [0.2, 0.25) is 0 Å². The Morgan fingerprint density at radius 3 is 2.81 bits per heavy atom. The van der Waals surface area contributed by atoms with Crippen molar-refractivity contribution < 1.29 is 8.83 Å². The van der Waals surface area contributed by atoms with Gasteiger partial charge in [-0.25, -0.2) is 4.98 Å². The molecule has 3 aromatic heterocycles. The fraction of sp³-hybridized carbons (Fsp3) is 0.429. The molecule has 0 spiro atoms. The first-order chi connectivity index (χ1) is 13.1. The Morgan fingerprint density at radius 2 is 2.00 bits per heavy atom. The van der Waals surface area contributed by atoms with E-state index in [1.54, 1.807) is 6.07 Å². The number of rotatable bonds is 3. The summed E-state index contributed by atoms with van der Waals surface area (Å²) in [4.78, 5) is 19.3. The number of aromatic nitrogens is 2. The van der Waals surface area contributed by atoms with Crippen LogP contribution in [0.1, 0.15) is 35.2 Å². The molecule has 0 saturated carbocycles. The number of aryl methyl sites for hydroxylation is 2. The predicted molar refractivity (Wildman–Crippen MR) is 101 cm³/mol. The highest BCUT2D eigenvalue weighted by Gasteiger charge is 2.34. The number of likely N-dealkylation sites (tertiary alicyclic amines) is 1. The molecule has 0 amide bonds. The van der Waals surface area contributed by atoms with Gasteiger partial charge in [-0.15, -0.1) is 0 Å². The van der Waals surface area contributed by atoms with Crippen LogP contribution in [0.3, 0.4) is 0 Å². The lowest BCUT2D eigenvalue weighted by Gasteiger charge is -2.42. The molecule has 0 aliphatic carbocycles. The minimum absolute atomic E-state index is 0.126. The zero-order valence-corrected chi connectivity index (χ0v) is 15.6. The van der Waals surface area contributed by atoms with E-state index in [0.29, 0.717) is 23.5 Å². The third kappa shape index (κ3) is 2.94. The second-order valence-electron chi connectivity index (χ2n) is 7.82. The summed E-state index contributed by atoms with van der Waals surface area (Å²) in [7, 11) is 0. The van der Waals surface area contributed by atoms with Crippen LogP contribution in [0.5, 0.6) is 0 Å². The maximum atomic E-state index is 12.2. The molecular weight excluding hydrogens is 342 g/mol. The first kappa shape index (κ1) is 16.6. The second kappa shape index (κ2) is 6.23. The Balaban J connectivity index is 1.37. The van der Waals surface area contributed by atoms with Gasteiger partial charge < -0.3 is 13.4 Å². The fourth-order valence-electron chi connectivity index (χ4n) is 4.57. The SMILES string of the molecule is Cc1ccc(-c2nc(CN3C[C@@H]4C[C@@H](C3)c3cccc(=O)n3C4)c(C)o2)o1. The lowest BCUT2D eigenvalue weighted by molar-refractivity contribution is 0.113. The van der Waals surface area contributed by atoms with E-state index >= 15 is 0 Å². The van der Waals surface area contributed by atoms with E-state index in [0.717, 1.165) is 49.8 Å². The Labute approximate surface area is 157 Å². The molecule has 3 aromatic rings. The molecule has 1 saturated heterocycles. The van der Waals surface area contributed by atoms with Crippen LogP contribution in [0.25, 0.3) is 11.7 Å². The lowest BCUT2D eigenvalue weighted by atomic mass is 9.83. The monoisotopic (exact) mass is 365 g/mol. The zero-order valence-electron chi connectivity index (χ0n) is 15.6. The van der Waals surface area contributed by atoms with Crippen LogP contribution in [0.2, 0.25) is 0 Å². The van der Waals surface area contributed by atoms with E-state index < -0.39 is 0 Å². The molecule has 2 aliphatic heterocycles. The van der Waals surface area contributed by atoms with Crippen LogP contribution < -0.4 is 5.56 Å². The third-order valence-corrected chi connectivity index (χ3v) is 5.77. The van der Waals surface area contributed by atoms with Crippen molar-refractivity contribution in [3.63, 3.8) is 0 Å². The minimum atomic E-state index is 0.126. The van der Waals surface area contributed by atoms with Crippen LogP contribution in [-0.2, 0) is 13.1 Å². The van der Waals surface area contributed by atoms with Crippen LogP contribution in [-0.4, -0.2) is 27.5 Å². The van der Waals surface area contributed by atoms with Gasteiger partial charge in [-0.2, -0.15) is 0 Å². The third-order valence-electron chi connectivity index (χ3n) is 5.77. The second-order valence-corrected chi connectivity index (χ2v) is 7.82. The standard InChI is InChI=1S/C21H23N3O3/c1-13-6-7-19(26-13)21-22-17(14(2)27-21)12-23-9-15-8-16(11-23)18-4-3-5-20(25)24(18)10-15/h3-7,15-16H,8-12H2,1-2H3/t15-,16-/m0/s1. The van der Waals surface area contributed by atoms with E-state index in [-0.39, 0.29) is 5.56 Å². The molecule has 0 N–H and O–H groups in total. The summed E-state index contributed by atoms with van der Waals surface area (Å²) in [6.45, 7) is 7.38. The predicted octanol–water partition coefficient (Wildman–Crippen LogP) is 3.33. The van der Waals surface area contributed by atoms with Crippen LogP contribution >= 0.6 is 0 Å². The average molecular weight is 365 g/mol. The topological polar surface area (TPSA) is 64.4 Å². The van der Waals surface area contributed by atoms with Gasteiger partial charge >= 0.3 is 0 Å². The summed E-state index contributed by atoms with van der Waals surface area (Å²) in [5.74, 6) is 3.82. The van der Waals surface area contributed by atoms with Crippen molar-refractivity contribution in [2.75, 3.05) is 13.1 Å². The van der Waals surface area contributed by atoms with Gasteiger partial charge in [0.15, 0.2) is 5.76 Å². The Bertz CT molecular complexity index is 1050. The Kier molecular flexibility index (Phi) is 3.82. The quantitative estimate of drug-likeness (QED) is 0.712. The van der Waals surface area contributed by atoms with E-state index in [1.807, 2.05) is 36.6 Å². The molecule has 0 unspecified atom stereocenters. The molecule has 140 valence electrons. The molecule has 2 aliphatic rings. The molecule has 5 heterocycles. The molecule has 27 heavy (non-hydrogen) atoms. The fourth-order valence-corrected chi connectivity index (χ4v) is 4.57. The van der Waals surface area contributed by atoms with Crippen molar-refractivity contribution in [1.82, 2.24) is 14.5 Å². The van der Waals surface area contributed by atoms with Gasteiger partial charge in [0.25, 0.3) is 11.4 Å². The van der Waals surface area contributed by atoms with Gasteiger partial charge in [0.05, 0.1) is 5.69 Å². The summed E-state index contributed by atoms with van der Waals surface area (Å²) < 4.78 is 13.4.